The van der Waals surface area contributed by atoms with Crippen LogP contribution in [0.5, 0.6) is 0 Å². The fourth-order valence-electron chi connectivity index (χ4n) is 4.01. The monoisotopic (exact) mass is 428 g/mol. The molecule has 1 aliphatic rings. The second-order valence-corrected chi connectivity index (χ2v) is 7.86. The molecule has 0 aliphatic carbocycles. The number of fused-ring (bicyclic) bond motifs is 1. The summed E-state index contributed by atoms with van der Waals surface area (Å²) in [5, 5.41) is 0. The van der Waals surface area contributed by atoms with Crippen LogP contribution in [0.1, 0.15) is 23.4 Å². The molecule has 4 rings (SSSR count). The number of hydrogen-bond acceptors (Lipinski definition) is 3. The van der Waals surface area contributed by atoms with E-state index in [1.165, 1.54) is 12.1 Å². The summed E-state index contributed by atoms with van der Waals surface area (Å²) in [4.78, 5) is 19.1. The first-order chi connectivity index (χ1) is 14.8. The van der Waals surface area contributed by atoms with E-state index in [0.29, 0.717) is 19.5 Å². The molecule has 0 saturated carbocycles. The Bertz CT molecular complexity index is 1110. The molecule has 0 bridgehead atoms. The molecule has 0 spiro atoms. The zero-order chi connectivity index (χ0) is 22.1. The van der Waals surface area contributed by atoms with Gasteiger partial charge in [0, 0.05) is 43.7 Å². The van der Waals surface area contributed by atoms with Gasteiger partial charge in [-0.2, -0.15) is 0 Å². The number of carbonyl (C=O) groups excluding carboxylic acids is 1. The Morgan fingerprint density at radius 1 is 1.13 bits per heavy atom. The fourth-order valence-corrected chi connectivity index (χ4v) is 4.01. The highest BCUT2D eigenvalue weighted by atomic mass is 19.1. The van der Waals surface area contributed by atoms with Crippen LogP contribution in [0.15, 0.2) is 42.5 Å². The largest absolute Gasteiger partial charge is 0.336 e. The summed E-state index contributed by atoms with van der Waals surface area (Å²) in [6, 6.07) is 8.73. The quantitative estimate of drug-likeness (QED) is 0.678. The normalized spacial score (nSPS) is 14.4. The van der Waals surface area contributed by atoms with Gasteiger partial charge in [0.1, 0.15) is 23.3 Å². The van der Waals surface area contributed by atoms with Gasteiger partial charge in [0.2, 0.25) is 5.91 Å². The molecule has 0 unspecified atom stereocenters. The summed E-state index contributed by atoms with van der Waals surface area (Å²) in [7, 11) is 1.91. The van der Waals surface area contributed by atoms with Gasteiger partial charge in [-0.1, -0.05) is 0 Å². The van der Waals surface area contributed by atoms with Gasteiger partial charge in [0.25, 0.3) is 0 Å². The Morgan fingerprint density at radius 2 is 1.84 bits per heavy atom. The SMILES string of the molecule is Cn1c(-c2ccc(F)cc2)nc2c1CCN(C(=O)C[C@H](N)Cc1cc(F)ccc1F)C2. The predicted octanol–water partition coefficient (Wildman–Crippen LogP) is 3.35. The van der Waals surface area contributed by atoms with Gasteiger partial charge in [-0.05, 0) is 54.4 Å². The van der Waals surface area contributed by atoms with Crippen molar-refractivity contribution in [2.45, 2.75) is 31.8 Å². The first-order valence-electron chi connectivity index (χ1n) is 10.1. The van der Waals surface area contributed by atoms with Crippen LogP contribution in [-0.2, 0) is 31.2 Å². The molecule has 1 amide bonds. The maximum atomic E-state index is 13.8. The van der Waals surface area contributed by atoms with Crippen molar-refractivity contribution in [1.82, 2.24) is 14.5 Å². The van der Waals surface area contributed by atoms with Gasteiger partial charge < -0.3 is 15.2 Å². The lowest BCUT2D eigenvalue weighted by Gasteiger charge is -2.28. The van der Waals surface area contributed by atoms with Crippen molar-refractivity contribution in [3.05, 3.63) is 76.9 Å². The van der Waals surface area contributed by atoms with Crippen LogP contribution in [-0.4, -0.2) is 32.9 Å². The smallest absolute Gasteiger partial charge is 0.224 e. The van der Waals surface area contributed by atoms with E-state index in [2.05, 4.69) is 4.98 Å². The summed E-state index contributed by atoms with van der Waals surface area (Å²) in [5.74, 6) is -0.810. The van der Waals surface area contributed by atoms with Crippen molar-refractivity contribution in [3.8, 4) is 11.4 Å². The van der Waals surface area contributed by atoms with Crippen molar-refractivity contribution < 1.29 is 18.0 Å². The molecule has 0 radical (unpaired) electrons. The molecule has 162 valence electrons. The summed E-state index contributed by atoms with van der Waals surface area (Å²) >= 11 is 0. The number of aromatic nitrogens is 2. The van der Waals surface area contributed by atoms with E-state index in [1.54, 1.807) is 17.0 Å². The van der Waals surface area contributed by atoms with E-state index in [-0.39, 0.29) is 30.1 Å². The van der Waals surface area contributed by atoms with Crippen LogP contribution >= 0.6 is 0 Å². The van der Waals surface area contributed by atoms with Crippen molar-refractivity contribution in [2.24, 2.45) is 12.8 Å². The second kappa shape index (κ2) is 8.55. The molecular formula is C23H23F3N4O. The van der Waals surface area contributed by atoms with Crippen molar-refractivity contribution >= 4 is 5.91 Å². The van der Waals surface area contributed by atoms with Gasteiger partial charge in [0.05, 0.1) is 12.2 Å². The average Bonchev–Trinajstić information content (AvgIpc) is 3.07. The van der Waals surface area contributed by atoms with E-state index in [4.69, 9.17) is 5.73 Å². The summed E-state index contributed by atoms with van der Waals surface area (Å²) in [6.45, 7) is 0.875. The van der Waals surface area contributed by atoms with Crippen molar-refractivity contribution in [1.29, 1.82) is 0 Å². The van der Waals surface area contributed by atoms with Crippen LogP contribution in [0.4, 0.5) is 13.2 Å². The van der Waals surface area contributed by atoms with Crippen LogP contribution < -0.4 is 5.73 Å². The van der Waals surface area contributed by atoms with E-state index in [1.807, 2.05) is 11.6 Å². The molecular weight excluding hydrogens is 405 g/mol. The summed E-state index contributed by atoms with van der Waals surface area (Å²) in [5.41, 5.74) is 8.85. The van der Waals surface area contributed by atoms with Gasteiger partial charge in [-0.25, -0.2) is 18.2 Å². The summed E-state index contributed by atoms with van der Waals surface area (Å²) < 4.78 is 42.4. The Kier molecular flexibility index (Phi) is 5.82. The Balaban J connectivity index is 1.43. The number of amides is 1. The van der Waals surface area contributed by atoms with Gasteiger partial charge in [-0.3, -0.25) is 4.79 Å². The molecule has 2 heterocycles. The molecule has 3 aromatic rings. The number of carbonyl (C=O) groups is 1. The highest BCUT2D eigenvalue weighted by Crippen LogP contribution is 2.26. The lowest BCUT2D eigenvalue weighted by atomic mass is 10.0. The molecule has 1 aliphatic heterocycles. The van der Waals surface area contributed by atoms with Gasteiger partial charge in [-0.15, -0.1) is 0 Å². The first-order valence-corrected chi connectivity index (χ1v) is 10.1. The number of rotatable bonds is 5. The van der Waals surface area contributed by atoms with E-state index < -0.39 is 17.7 Å². The van der Waals surface area contributed by atoms with E-state index in [9.17, 15) is 18.0 Å². The van der Waals surface area contributed by atoms with Gasteiger partial charge >= 0.3 is 0 Å². The van der Waals surface area contributed by atoms with Crippen molar-refractivity contribution in [3.63, 3.8) is 0 Å². The Labute approximate surface area is 178 Å². The molecule has 0 saturated heterocycles. The molecule has 1 atom stereocenters. The topological polar surface area (TPSA) is 64.2 Å². The Hall–Kier alpha value is -3.13. The average molecular weight is 428 g/mol. The minimum Gasteiger partial charge on any atom is -0.336 e. The number of imidazole rings is 1. The molecule has 1 aromatic heterocycles. The van der Waals surface area contributed by atoms with E-state index >= 15 is 0 Å². The molecule has 8 heteroatoms. The van der Waals surface area contributed by atoms with Crippen molar-refractivity contribution in [2.75, 3.05) is 6.54 Å². The standard InChI is InChI=1S/C23H23F3N4O/c1-29-21-8-9-30(13-20(21)28-23(29)14-2-4-16(24)5-3-14)22(31)12-18(27)11-15-10-17(25)6-7-19(15)26/h2-7,10,18H,8-9,11-13,27H2,1H3/t18-/m1/s1. The van der Waals surface area contributed by atoms with E-state index in [0.717, 1.165) is 41.0 Å². The molecule has 5 nitrogen and oxygen atoms in total. The third-order valence-electron chi connectivity index (χ3n) is 5.64. The maximum Gasteiger partial charge on any atom is 0.224 e. The van der Waals surface area contributed by atoms with Crippen LogP contribution in [0.25, 0.3) is 11.4 Å². The molecule has 31 heavy (non-hydrogen) atoms. The van der Waals surface area contributed by atoms with Crippen LogP contribution in [0, 0.1) is 17.5 Å². The van der Waals surface area contributed by atoms with Crippen LogP contribution in [0.2, 0.25) is 0 Å². The molecule has 2 aromatic carbocycles. The maximum absolute atomic E-state index is 13.8. The third kappa shape index (κ3) is 4.49. The fraction of sp³-hybridized carbons (Fsp3) is 0.304. The third-order valence-corrected chi connectivity index (χ3v) is 5.64. The van der Waals surface area contributed by atoms with Gasteiger partial charge in [0.15, 0.2) is 0 Å². The zero-order valence-corrected chi connectivity index (χ0v) is 17.1. The lowest BCUT2D eigenvalue weighted by molar-refractivity contribution is -0.132. The number of halogens is 3. The molecule has 0 fully saturated rings. The number of nitrogens with zero attached hydrogens (tertiary/aromatic N) is 3. The Morgan fingerprint density at radius 3 is 2.58 bits per heavy atom. The number of benzene rings is 2. The first kappa shape index (κ1) is 21.1. The lowest BCUT2D eigenvalue weighted by Crippen LogP contribution is -2.40. The number of nitrogens with two attached hydrogens (primary N) is 1. The zero-order valence-electron chi connectivity index (χ0n) is 17.1. The highest BCUT2D eigenvalue weighted by molar-refractivity contribution is 5.77. The predicted molar refractivity (Wildman–Crippen MR) is 110 cm³/mol. The minimum atomic E-state index is -0.622. The second-order valence-electron chi connectivity index (χ2n) is 7.86. The number of hydrogen-bond donors (Lipinski definition) is 1. The molecule has 2 N–H and O–H groups in total. The highest BCUT2D eigenvalue weighted by Gasteiger charge is 2.27. The van der Waals surface area contributed by atoms with Crippen LogP contribution in [0.3, 0.4) is 0 Å². The summed E-state index contributed by atoms with van der Waals surface area (Å²) in [6.07, 6.45) is 0.745. The minimum absolute atomic E-state index is 0.0307.